The summed E-state index contributed by atoms with van der Waals surface area (Å²) in [6, 6.07) is 7.65. The largest absolute Gasteiger partial charge is 0.381 e. The van der Waals surface area contributed by atoms with Gasteiger partial charge in [-0.2, -0.15) is 10.2 Å². The standard InChI is InChI=1S/C23H27FN4O2.C13H12F2N6O/c1-15-18(23(29)28-10-3-2-4-21(28)25-15)9-13-27-11-7-16(8-12-27)22-19-6-5-17(24)14-20(19)30-26-22;14-10-1-2-11(12(15)3-10)13(22,4-20-8-16-6-18-20)5-21-9-17-7-19-21/h5-6,14,16H,2-4,7-13H2,1H3;1-3,6-9,22H,4-5H2. The van der Waals surface area contributed by atoms with E-state index in [0.717, 1.165) is 105 Å². The zero-order chi connectivity index (χ0) is 36.2. The van der Waals surface area contributed by atoms with Crippen LogP contribution in [0, 0.1) is 24.4 Å². The van der Waals surface area contributed by atoms with Crippen molar-refractivity contribution in [2.24, 2.45) is 0 Å². The normalized spacial score (nSPS) is 15.4. The maximum absolute atomic E-state index is 14.1. The SMILES string of the molecule is Cc1nc2n(c(=O)c1CCN1CCC(c3noc4cc(F)ccc34)CC1)CCCC2.OC(Cn1cncn1)(Cn1cncn1)c1ccc(F)cc1F. The van der Waals surface area contributed by atoms with Gasteiger partial charge in [0.15, 0.2) is 5.58 Å². The van der Waals surface area contributed by atoms with Gasteiger partial charge in [-0.05, 0) is 70.3 Å². The van der Waals surface area contributed by atoms with Gasteiger partial charge in [-0.15, -0.1) is 0 Å². The number of hydrogen-bond acceptors (Lipinski definition) is 10. The van der Waals surface area contributed by atoms with Crippen molar-refractivity contribution in [1.82, 2.24) is 49.1 Å². The van der Waals surface area contributed by atoms with E-state index in [1.807, 2.05) is 11.5 Å². The molecule has 2 aromatic carbocycles. The molecule has 272 valence electrons. The quantitative estimate of drug-likeness (QED) is 0.230. The second kappa shape index (κ2) is 15.2. The van der Waals surface area contributed by atoms with E-state index in [4.69, 9.17) is 9.51 Å². The Labute approximate surface area is 296 Å². The minimum absolute atomic E-state index is 0.0556. The third kappa shape index (κ3) is 7.67. The number of piperidine rings is 1. The lowest BCUT2D eigenvalue weighted by Gasteiger charge is -2.31. The zero-order valence-corrected chi connectivity index (χ0v) is 28.7. The third-order valence-electron chi connectivity index (χ3n) is 9.91. The topological polar surface area (TPSA) is 146 Å². The Morgan fingerprint density at radius 3 is 2.29 bits per heavy atom. The number of fused-ring (bicyclic) bond motifs is 2. The van der Waals surface area contributed by atoms with E-state index in [1.165, 1.54) is 52.9 Å². The summed E-state index contributed by atoms with van der Waals surface area (Å²) in [6.07, 6.45) is 11.2. The fourth-order valence-corrected chi connectivity index (χ4v) is 7.20. The van der Waals surface area contributed by atoms with Crippen LogP contribution >= 0.6 is 0 Å². The highest BCUT2D eigenvalue weighted by Gasteiger charge is 2.34. The number of rotatable bonds is 9. The molecule has 1 N–H and O–H groups in total. The van der Waals surface area contributed by atoms with Gasteiger partial charge in [-0.25, -0.2) is 37.5 Å². The van der Waals surface area contributed by atoms with Crippen molar-refractivity contribution in [1.29, 1.82) is 0 Å². The molecule has 0 bridgehead atoms. The number of halogens is 3. The average Bonchev–Trinajstić information content (AvgIpc) is 3.92. The van der Waals surface area contributed by atoms with Crippen LogP contribution in [0.2, 0.25) is 0 Å². The molecule has 6 heterocycles. The molecule has 6 aromatic rings. The second-order valence-electron chi connectivity index (χ2n) is 13.4. The molecule has 52 heavy (non-hydrogen) atoms. The van der Waals surface area contributed by atoms with Crippen LogP contribution in [-0.4, -0.2) is 73.9 Å². The Morgan fingerprint density at radius 2 is 1.62 bits per heavy atom. The van der Waals surface area contributed by atoms with Crippen LogP contribution in [0.25, 0.3) is 11.0 Å². The number of aromatic nitrogens is 9. The number of likely N-dealkylation sites (tertiary alicyclic amines) is 1. The molecule has 0 saturated carbocycles. The first-order valence-electron chi connectivity index (χ1n) is 17.4. The number of hydrogen-bond donors (Lipinski definition) is 1. The molecular formula is C36H39F3N10O3. The van der Waals surface area contributed by atoms with Crippen molar-refractivity contribution in [3.05, 3.63) is 118 Å². The van der Waals surface area contributed by atoms with Gasteiger partial charge >= 0.3 is 0 Å². The minimum atomic E-state index is -1.70. The van der Waals surface area contributed by atoms with Crippen molar-refractivity contribution < 1.29 is 22.8 Å². The predicted molar refractivity (Wildman–Crippen MR) is 183 cm³/mol. The van der Waals surface area contributed by atoms with Gasteiger partial charge in [0, 0.05) is 59.8 Å². The van der Waals surface area contributed by atoms with Gasteiger partial charge in [0.05, 0.1) is 18.8 Å². The van der Waals surface area contributed by atoms with Crippen LogP contribution in [0.1, 0.15) is 59.9 Å². The molecule has 0 unspecified atom stereocenters. The van der Waals surface area contributed by atoms with Crippen molar-refractivity contribution in [3.63, 3.8) is 0 Å². The summed E-state index contributed by atoms with van der Waals surface area (Å²) in [6.45, 7) is 5.41. The van der Waals surface area contributed by atoms with Crippen LogP contribution in [0.5, 0.6) is 0 Å². The van der Waals surface area contributed by atoms with E-state index in [0.29, 0.717) is 11.5 Å². The first-order valence-corrected chi connectivity index (χ1v) is 17.4. The Bertz CT molecular complexity index is 2140. The molecule has 8 rings (SSSR count). The lowest BCUT2D eigenvalue weighted by Crippen LogP contribution is -2.37. The number of nitrogens with zero attached hydrogens (tertiary/aromatic N) is 10. The molecule has 1 fully saturated rings. The molecule has 0 aliphatic carbocycles. The Hall–Kier alpha value is -5.22. The maximum Gasteiger partial charge on any atom is 0.256 e. The first kappa shape index (κ1) is 35.2. The molecule has 0 amide bonds. The van der Waals surface area contributed by atoms with Crippen molar-refractivity contribution >= 4 is 11.0 Å². The predicted octanol–water partition coefficient (Wildman–Crippen LogP) is 4.33. The Kier molecular flexibility index (Phi) is 10.3. The summed E-state index contributed by atoms with van der Waals surface area (Å²) < 4.78 is 50.6. The summed E-state index contributed by atoms with van der Waals surface area (Å²) in [7, 11) is 0. The monoisotopic (exact) mass is 716 g/mol. The van der Waals surface area contributed by atoms with E-state index < -0.39 is 17.2 Å². The number of aryl methyl sites for hydroxylation is 2. The summed E-state index contributed by atoms with van der Waals surface area (Å²) in [4.78, 5) is 27.6. The van der Waals surface area contributed by atoms with Crippen LogP contribution in [0.4, 0.5) is 13.2 Å². The molecule has 0 spiro atoms. The molecule has 2 aliphatic heterocycles. The molecule has 4 aromatic heterocycles. The smallest absolute Gasteiger partial charge is 0.256 e. The Balaban J connectivity index is 0.000000170. The lowest BCUT2D eigenvalue weighted by atomic mass is 9.91. The van der Waals surface area contributed by atoms with Gasteiger partial charge < -0.3 is 14.5 Å². The fraction of sp³-hybridized carbons (Fsp3) is 0.417. The van der Waals surface area contributed by atoms with Crippen LogP contribution in [0.3, 0.4) is 0 Å². The minimum Gasteiger partial charge on any atom is -0.381 e. The van der Waals surface area contributed by atoms with Gasteiger partial charge in [-0.1, -0.05) is 11.2 Å². The van der Waals surface area contributed by atoms with Gasteiger partial charge in [0.1, 0.15) is 54.2 Å². The molecule has 2 aliphatic rings. The van der Waals surface area contributed by atoms with E-state index in [9.17, 15) is 23.1 Å². The molecule has 0 radical (unpaired) electrons. The maximum atomic E-state index is 14.1. The van der Waals surface area contributed by atoms with Gasteiger partial charge in [0.2, 0.25) is 0 Å². The highest BCUT2D eigenvalue weighted by Crippen LogP contribution is 2.33. The number of benzene rings is 2. The third-order valence-corrected chi connectivity index (χ3v) is 9.91. The number of aliphatic hydroxyl groups is 1. The van der Waals surface area contributed by atoms with Crippen LogP contribution < -0.4 is 5.56 Å². The van der Waals surface area contributed by atoms with Crippen LogP contribution in [-0.2, 0) is 38.1 Å². The highest BCUT2D eigenvalue weighted by molar-refractivity contribution is 5.79. The van der Waals surface area contributed by atoms with Crippen LogP contribution in [0.15, 0.2) is 71.0 Å². The van der Waals surface area contributed by atoms with Crippen molar-refractivity contribution in [2.45, 2.75) is 76.6 Å². The average molecular weight is 717 g/mol. The molecular weight excluding hydrogens is 677 g/mol. The molecule has 16 heteroatoms. The molecule has 0 atom stereocenters. The van der Waals surface area contributed by atoms with Gasteiger partial charge in [0.25, 0.3) is 5.56 Å². The Morgan fingerprint density at radius 1 is 0.923 bits per heavy atom. The molecule has 1 saturated heterocycles. The highest BCUT2D eigenvalue weighted by atomic mass is 19.1. The second-order valence-corrected chi connectivity index (χ2v) is 13.4. The van der Waals surface area contributed by atoms with E-state index >= 15 is 0 Å². The van der Waals surface area contributed by atoms with Crippen molar-refractivity contribution in [3.8, 4) is 0 Å². The van der Waals surface area contributed by atoms with E-state index in [2.05, 4.69) is 30.2 Å². The van der Waals surface area contributed by atoms with Crippen molar-refractivity contribution in [2.75, 3.05) is 19.6 Å². The fourth-order valence-electron chi connectivity index (χ4n) is 7.20. The zero-order valence-electron chi connectivity index (χ0n) is 28.7. The summed E-state index contributed by atoms with van der Waals surface area (Å²) in [5, 5.41) is 23.9. The summed E-state index contributed by atoms with van der Waals surface area (Å²) in [5.74, 6) is -0.588. The van der Waals surface area contributed by atoms with E-state index in [-0.39, 0.29) is 30.0 Å². The summed E-state index contributed by atoms with van der Waals surface area (Å²) >= 11 is 0. The molecule has 13 nitrogen and oxygen atoms in total. The lowest BCUT2D eigenvalue weighted by molar-refractivity contribution is -0.00856. The van der Waals surface area contributed by atoms with Gasteiger partial charge in [-0.3, -0.25) is 9.36 Å². The van der Waals surface area contributed by atoms with E-state index in [1.54, 1.807) is 6.07 Å². The summed E-state index contributed by atoms with van der Waals surface area (Å²) in [5.41, 5.74) is 1.63. The first-order chi connectivity index (χ1) is 25.2.